The first-order valence-electron chi connectivity index (χ1n) is 6.80. The smallest absolute Gasteiger partial charge is 0.220 e. The van der Waals surface area contributed by atoms with Gasteiger partial charge in [0.2, 0.25) is 5.91 Å². The molecule has 1 N–H and O–H groups in total. The lowest BCUT2D eigenvalue weighted by molar-refractivity contribution is -0.122. The van der Waals surface area contributed by atoms with E-state index >= 15 is 0 Å². The van der Waals surface area contributed by atoms with Crippen LogP contribution in [0.1, 0.15) is 39.0 Å². The Morgan fingerprint density at radius 2 is 2.21 bits per heavy atom. The van der Waals surface area contributed by atoms with E-state index in [0.717, 1.165) is 18.1 Å². The zero-order valence-corrected chi connectivity index (χ0v) is 13.1. The second kappa shape index (κ2) is 10.6. The molecule has 6 heteroatoms. The highest BCUT2D eigenvalue weighted by Gasteiger charge is 2.15. The second-order valence-corrected chi connectivity index (χ2v) is 7.47. The molecular weight excluding hydrogens is 282 g/mol. The van der Waals surface area contributed by atoms with Gasteiger partial charge in [0.1, 0.15) is 6.61 Å². The van der Waals surface area contributed by atoms with Crippen molar-refractivity contribution in [2.75, 3.05) is 25.5 Å². The van der Waals surface area contributed by atoms with E-state index in [0.29, 0.717) is 19.6 Å². The predicted octanol–water partition coefficient (Wildman–Crippen LogP) is 2.42. The van der Waals surface area contributed by atoms with Crippen molar-refractivity contribution in [3.8, 4) is 0 Å². The molecule has 0 radical (unpaired) electrons. The summed E-state index contributed by atoms with van der Waals surface area (Å²) in [5, 5.41) is 3.60. The largest absolute Gasteiger partial charge is 0.372 e. The number of nitrogens with one attached hydrogen (secondary N) is 1. The maximum absolute atomic E-state index is 11.5. The maximum Gasteiger partial charge on any atom is 0.220 e. The van der Waals surface area contributed by atoms with Gasteiger partial charge in [-0.2, -0.15) is 0 Å². The maximum atomic E-state index is 11.5. The summed E-state index contributed by atoms with van der Waals surface area (Å²) in [6.07, 6.45) is 5.23. The molecule has 1 heterocycles. The molecule has 1 unspecified atom stereocenters. The molecule has 110 valence electrons. The summed E-state index contributed by atoms with van der Waals surface area (Å²) in [7, 11) is 3.96. The molecule has 1 aliphatic rings. The van der Waals surface area contributed by atoms with Crippen molar-refractivity contribution in [3.63, 3.8) is 0 Å². The van der Waals surface area contributed by atoms with Gasteiger partial charge in [0.05, 0.1) is 6.61 Å². The van der Waals surface area contributed by atoms with Crippen molar-refractivity contribution < 1.29 is 14.3 Å². The number of carbonyl (C=O) groups is 2. The molecule has 4 nitrogen and oxygen atoms in total. The summed E-state index contributed by atoms with van der Waals surface area (Å²) in [5.41, 5.74) is 0. The number of Topliss-reactive ketones (excluding diaryl/α,β-unsaturated/α-hetero) is 1. The van der Waals surface area contributed by atoms with Gasteiger partial charge in [-0.1, -0.05) is 28.0 Å². The van der Waals surface area contributed by atoms with Crippen molar-refractivity contribution in [1.82, 2.24) is 5.32 Å². The fourth-order valence-electron chi connectivity index (χ4n) is 1.79. The number of rotatable bonds is 10. The molecular formula is C13H23NO3S2. The Morgan fingerprint density at radius 1 is 1.37 bits per heavy atom. The molecule has 0 aromatic rings. The van der Waals surface area contributed by atoms with Crippen LogP contribution in [0.3, 0.4) is 0 Å². The summed E-state index contributed by atoms with van der Waals surface area (Å²) in [6, 6.07) is 0. The third kappa shape index (κ3) is 9.35. The van der Waals surface area contributed by atoms with Crippen LogP contribution in [-0.2, 0) is 14.3 Å². The summed E-state index contributed by atoms with van der Waals surface area (Å²) in [6.45, 7) is 2.51. The van der Waals surface area contributed by atoms with Crippen molar-refractivity contribution in [2.24, 2.45) is 0 Å². The first-order valence-corrected chi connectivity index (χ1v) is 9.19. The van der Waals surface area contributed by atoms with Crippen molar-refractivity contribution in [2.45, 2.75) is 44.3 Å². The summed E-state index contributed by atoms with van der Waals surface area (Å²) >= 11 is 0. The highest BCUT2D eigenvalue weighted by molar-refractivity contribution is 8.77. The molecule has 1 amide bonds. The Kier molecular flexibility index (Phi) is 9.38. The lowest BCUT2D eigenvalue weighted by atomic mass is 10.1. The van der Waals surface area contributed by atoms with Crippen LogP contribution in [-0.4, -0.2) is 42.5 Å². The number of ketones is 1. The van der Waals surface area contributed by atoms with Crippen LogP contribution < -0.4 is 5.32 Å². The van der Waals surface area contributed by atoms with Gasteiger partial charge >= 0.3 is 0 Å². The number of hydrogen-bond acceptors (Lipinski definition) is 5. The van der Waals surface area contributed by atoms with E-state index in [1.165, 1.54) is 25.5 Å². The van der Waals surface area contributed by atoms with Gasteiger partial charge in [0, 0.05) is 24.0 Å². The fraction of sp³-hybridized carbons (Fsp3) is 0.846. The minimum absolute atomic E-state index is 0.00859. The lowest BCUT2D eigenvalue weighted by Gasteiger charge is -2.07. The summed E-state index contributed by atoms with van der Waals surface area (Å²) in [5.74, 6) is 1.37. The second-order valence-electron chi connectivity index (χ2n) is 4.68. The van der Waals surface area contributed by atoms with Crippen molar-refractivity contribution in [1.29, 1.82) is 0 Å². The average Bonchev–Trinajstić information content (AvgIpc) is 2.87. The Hall–Kier alpha value is -0.200. The topological polar surface area (TPSA) is 55.4 Å². The minimum Gasteiger partial charge on any atom is -0.372 e. The van der Waals surface area contributed by atoms with Gasteiger partial charge in [-0.15, -0.1) is 0 Å². The quantitative estimate of drug-likeness (QED) is 0.496. The van der Waals surface area contributed by atoms with Crippen LogP contribution in [0.25, 0.3) is 0 Å². The van der Waals surface area contributed by atoms with Crippen LogP contribution in [0.5, 0.6) is 0 Å². The highest BCUT2D eigenvalue weighted by Crippen LogP contribution is 2.39. The zero-order valence-electron chi connectivity index (χ0n) is 11.5. The Bertz CT molecular complexity index is 281. The number of amides is 1. The molecule has 1 rings (SSSR count). The third-order valence-electron chi connectivity index (χ3n) is 2.78. The molecule has 0 aliphatic carbocycles. The van der Waals surface area contributed by atoms with Crippen molar-refractivity contribution in [3.05, 3.63) is 0 Å². The van der Waals surface area contributed by atoms with Crippen molar-refractivity contribution >= 4 is 33.3 Å². The van der Waals surface area contributed by atoms with Gasteiger partial charge in [0.15, 0.2) is 5.78 Å². The molecule has 0 bridgehead atoms. The first kappa shape index (κ1) is 16.9. The Morgan fingerprint density at radius 3 is 2.89 bits per heavy atom. The van der Waals surface area contributed by atoms with E-state index in [1.807, 2.05) is 21.6 Å². The molecule has 1 fully saturated rings. The number of hydrogen-bond donors (Lipinski definition) is 1. The molecule has 0 aromatic carbocycles. The van der Waals surface area contributed by atoms with Gasteiger partial charge in [0.25, 0.3) is 0 Å². The molecule has 19 heavy (non-hydrogen) atoms. The van der Waals surface area contributed by atoms with Crippen LogP contribution in [0, 0.1) is 0 Å². The number of carbonyl (C=O) groups excluding carboxylic acids is 2. The minimum atomic E-state index is 0.00859. The van der Waals surface area contributed by atoms with Crippen LogP contribution in [0.4, 0.5) is 0 Å². The van der Waals surface area contributed by atoms with Crippen LogP contribution in [0.15, 0.2) is 0 Å². The monoisotopic (exact) mass is 305 g/mol. The molecule has 0 saturated carbocycles. The van der Waals surface area contributed by atoms with E-state index in [9.17, 15) is 9.59 Å². The Balaban J connectivity index is 1.86. The fourth-order valence-corrected chi connectivity index (χ4v) is 4.82. The van der Waals surface area contributed by atoms with Gasteiger partial charge in [-0.25, -0.2) is 0 Å². The SMILES string of the molecule is CC(=O)COCCNC(=O)CCCCC1CCSS1. The lowest BCUT2D eigenvalue weighted by Crippen LogP contribution is -2.27. The van der Waals surface area contributed by atoms with E-state index < -0.39 is 0 Å². The Labute approximate surface area is 123 Å². The highest BCUT2D eigenvalue weighted by atomic mass is 33.1. The van der Waals surface area contributed by atoms with E-state index in [1.54, 1.807) is 0 Å². The average molecular weight is 305 g/mol. The standard InChI is InChI=1S/C13H23NO3S2/c1-11(15)10-17-8-7-14-13(16)5-3-2-4-12-6-9-18-19-12/h12H,2-10H2,1H3,(H,14,16). The normalized spacial score (nSPS) is 18.5. The van der Waals surface area contributed by atoms with Crippen LogP contribution >= 0.6 is 21.6 Å². The van der Waals surface area contributed by atoms with Gasteiger partial charge in [-0.3, -0.25) is 9.59 Å². The zero-order chi connectivity index (χ0) is 13.9. The molecule has 1 aliphatic heterocycles. The molecule has 1 saturated heterocycles. The van der Waals surface area contributed by atoms with E-state index in [-0.39, 0.29) is 18.3 Å². The summed E-state index contributed by atoms with van der Waals surface area (Å²) < 4.78 is 5.07. The predicted molar refractivity (Wildman–Crippen MR) is 81.4 cm³/mol. The molecule has 1 atom stereocenters. The van der Waals surface area contributed by atoms with E-state index in [4.69, 9.17) is 4.74 Å². The van der Waals surface area contributed by atoms with Crippen LogP contribution in [0.2, 0.25) is 0 Å². The first-order chi connectivity index (χ1) is 9.18. The third-order valence-corrected chi connectivity index (χ3v) is 5.79. The van der Waals surface area contributed by atoms with E-state index in [2.05, 4.69) is 5.32 Å². The van der Waals surface area contributed by atoms with Gasteiger partial charge in [-0.05, 0) is 26.2 Å². The number of unbranched alkanes of at least 4 members (excludes halogenated alkanes) is 1. The molecule has 0 spiro atoms. The van der Waals surface area contributed by atoms with Gasteiger partial charge < -0.3 is 10.1 Å². The molecule has 0 aromatic heterocycles. The summed E-state index contributed by atoms with van der Waals surface area (Å²) in [4.78, 5) is 22.1. The number of ether oxygens (including phenoxy) is 1.